The van der Waals surface area contributed by atoms with Gasteiger partial charge in [-0.25, -0.2) is 0 Å². The summed E-state index contributed by atoms with van der Waals surface area (Å²) in [5, 5.41) is 0. The second-order valence-electron chi connectivity index (χ2n) is 6.87. The summed E-state index contributed by atoms with van der Waals surface area (Å²) < 4.78 is 19.3. The molecule has 0 atom stereocenters. The molecule has 0 heterocycles. The maximum absolute atomic E-state index is 6.43. The van der Waals surface area contributed by atoms with Gasteiger partial charge in [0.1, 0.15) is 0 Å². The van der Waals surface area contributed by atoms with Crippen molar-refractivity contribution in [1.82, 2.24) is 0 Å². The predicted molar refractivity (Wildman–Crippen MR) is 122 cm³/mol. The van der Waals surface area contributed by atoms with Crippen molar-refractivity contribution in [2.75, 3.05) is 6.66 Å². The van der Waals surface area contributed by atoms with Gasteiger partial charge in [0.05, 0.1) is 0 Å². The third-order valence-electron chi connectivity index (χ3n) is 3.89. The third-order valence-corrected chi connectivity index (χ3v) is 7.49. The van der Waals surface area contributed by atoms with Crippen molar-refractivity contribution in [2.45, 2.75) is 20.8 Å². The molecule has 0 saturated heterocycles. The molecule has 0 amide bonds. The van der Waals surface area contributed by atoms with Crippen molar-refractivity contribution in [1.29, 1.82) is 0 Å². The summed E-state index contributed by atoms with van der Waals surface area (Å²) in [4.78, 5) is -3.57. The second kappa shape index (κ2) is 7.69. The first-order chi connectivity index (χ1) is 12.7. The van der Waals surface area contributed by atoms with Gasteiger partial charge in [0.2, 0.25) is 0 Å². The quantitative estimate of drug-likeness (QED) is 0.264. The van der Waals surface area contributed by atoms with Gasteiger partial charge in [-0.3, -0.25) is 0 Å². The standard InChI is InChI=1S/C22H24IO3P/c1-17-8-5-11-20(14-17)24-27(4,23,25-21-12-6-9-18(2)15-21)26-22-13-7-10-19(3)16-22/h5-16H,1-4H3. The summed E-state index contributed by atoms with van der Waals surface area (Å²) in [7, 11) is 0. The fraction of sp³-hybridized carbons (Fsp3) is 0.182. The van der Waals surface area contributed by atoms with Gasteiger partial charge in [0, 0.05) is 0 Å². The zero-order chi connectivity index (χ0) is 19.5. The van der Waals surface area contributed by atoms with Crippen molar-refractivity contribution in [3.05, 3.63) is 89.5 Å². The molecular weight excluding hydrogens is 470 g/mol. The van der Waals surface area contributed by atoms with Gasteiger partial charge in [-0.1, -0.05) is 0 Å². The van der Waals surface area contributed by atoms with Gasteiger partial charge in [0.15, 0.2) is 0 Å². The van der Waals surface area contributed by atoms with Crippen LogP contribution >= 0.6 is 27.0 Å². The van der Waals surface area contributed by atoms with Crippen LogP contribution in [0.25, 0.3) is 0 Å². The van der Waals surface area contributed by atoms with Crippen molar-refractivity contribution < 1.29 is 13.6 Å². The van der Waals surface area contributed by atoms with Gasteiger partial charge < -0.3 is 0 Å². The molecule has 3 aromatic rings. The molecule has 0 radical (unpaired) electrons. The van der Waals surface area contributed by atoms with E-state index in [0.29, 0.717) is 0 Å². The van der Waals surface area contributed by atoms with Crippen LogP contribution in [0.5, 0.6) is 17.2 Å². The van der Waals surface area contributed by atoms with Crippen molar-refractivity contribution in [2.24, 2.45) is 0 Å². The molecule has 0 saturated carbocycles. The van der Waals surface area contributed by atoms with Gasteiger partial charge >= 0.3 is 175 Å². The van der Waals surface area contributed by atoms with E-state index in [4.69, 9.17) is 13.6 Å². The summed E-state index contributed by atoms with van der Waals surface area (Å²) in [6, 6.07) is 23.8. The van der Waals surface area contributed by atoms with E-state index >= 15 is 0 Å². The molecule has 0 bridgehead atoms. The molecule has 0 aliphatic carbocycles. The fourth-order valence-electron chi connectivity index (χ4n) is 2.77. The van der Waals surface area contributed by atoms with Crippen LogP contribution in [0.3, 0.4) is 0 Å². The Morgan fingerprint density at radius 1 is 0.593 bits per heavy atom. The Morgan fingerprint density at radius 2 is 0.889 bits per heavy atom. The average Bonchev–Trinajstić information content (AvgIpc) is 2.53. The molecule has 3 nitrogen and oxygen atoms in total. The van der Waals surface area contributed by atoms with E-state index < -0.39 is 4.93 Å². The van der Waals surface area contributed by atoms with Gasteiger partial charge in [0.25, 0.3) is 0 Å². The number of hydrogen-bond acceptors (Lipinski definition) is 3. The average molecular weight is 494 g/mol. The Balaban J connectivity index is 2.00. The van der Waals surface area contributed by atoms with E-state index in [1.165, 1.54) is 0 Å². The molecule has 0 fully saturated rings. The number of hydrogen-bond donors (Lipinski definition) is 0. The van der Waals surface area contributed by atoms with E-state index in [1.807, 2.05) is 100 Å². The number of benzene rings is 3. The Kier molecular flexibility index (Phi) is 5.68. The summed E-state index contributed by atoms with van der Waals surface area (Å²) in [6.07, 6.45) is 0. The fourth-order valence-corrected chi connectivity index (χ4v) is 6.65. The van der Waals surface area contributed by atoms with Crippen LogP contribution in [-0.2, 0) is 0 Å². The SMILES string of the molecule is Cc1cccc(OP(C)(I)(Oc2cccc(C)c2)Oc2cccc(C)c2)c1. The Bertz CT molecular complexity index is 833. The summed E-state index contributed by atoms with van der Waals surface area (Å²) in [5.41, 5.74) is 3.36. The van der Waals surface area contributed by atoms with E-state index in [9.17, 15) is 0 Å². The molecule has 27 heavy (non-hydrogen) atoms. The monoisotopic (exact) mass is 494 g/mol. The zero-order valence-electron chi connectivity index (χ0n) is 16.0. The minimum absolute atomic E-state index is 0.727. The van der Waals surface area contributed by atoms with E-state index in [1.54, 1.807) is 0 Å². The summed E-state index contributed by atoms with van der Waals surface area (Å²) >= 11 is 2.22. The molecule has 3 rings (SSSR count). The minimum atomic E-state index is -3.57. The molecule has 0 N–H and O–H groups in total. The second-order valence-corrected chi connectivity index (χ2v) is 16.2. The molecule has 0 spiro atoms. The molecule has 0 aliphatic heterocycles. The van der Waals surface area contributed by atoms with E-state index in [0.717, 1.165) is 33.9 Å². The molecular formula is C22H24IO3P. The van der Waals surface area contributed by atoms with Crippen LogP contribution < -0.4 is 13.6 Å². The van der Waals surface area contributed by atoms with Crippen LogP contribution in [0.15, 0.2) is 72.8 Å². The zero-order valence-corrected chi connectivity index (χ0v) is 19.0. The van der Waals surface area contributed by atoms with Gasteiger partial charge in [-0.05, 0) is 0 Å². The van der Waals surface area contributed by atoms with E-state index in [2.05, 4.69) is 22.0 Å². The molecule has 5 heteroatoms. The first-order valence-electron chi connectivity index (χ1n) is 8.74. The van der Waals surface area contributed by atoms with Gasteiger partial charge in [-0.15, -0.1) is 0 Å². The van der Waals surface area contributed by atoms with Crippen LogP contribution in [0.1, 0.15) is 16.7 Å². The third kappa shape index (κ3) is 5.60. The van der Waals surface area contributed by atoms with Crippen LogP contribution in [0.2, 0.25) is 0 Å². The Morgan fingerprint density at radius 3 is 1.15 bits per heavy atom. The molecule has 142 valence electrons. The Labute approximate surface area is 174 Å². The normalized spacial score (nSPS) is 12.7. The van der Waals surface area contributed by atoms with Crippen LogP contribution in [-0.4, -0.2) is 6.66 Å². The molecule has 0 aliphatic rings. The first-order valence-corrected chi connectivity index (χ1v) is 14.0. The van der Waals surface area contributed by atoms with Crippen LogP contribution in [0, 0.1) is 20.8 Å². The van der Waals surface area contributed by atoms with Gasteiger partial charge in [-0.2, -0.15) is 0 Å². The van der Waals surface area contributed by atoms with Crippen LogP contribution in [0.4, 0.5) is 0 Å². The van der Waals surface area contributed by atoms with Crippen molar-refractivity contribution >= 4 is 27.0 Å². The molecule has 0 aromatic heterocycles. The summed E-state index contributed by atoms with van der Waals surface area (Å²) in [6.45, 7) is 8.02. The van der Waals surface area contributed by atoms with E-state index in [-0.39, 0.29) is 0 Å². The topological polar surface area (TPSA) is 27.7 Å². The van der Waals surface area contributed by atoms with Crippen molar-refractivity contribution in [3.8, 4) is 17.2 Å². The molecule has 0 unspecified atom stereocenters. The molecule has 3 aromatic carbocycles. The van der Waals surface area contributed by atoms with Crippen molar-refractivity contribution in [3.63, 3.8) is 0 Å². The number of rotatable bonds is 6. The summed E-state index contributed by atoms with van der Waals surface area (Å²) in [5.74, 6) is 2.18. The maximum atomic E-state index is 6.43. The Hall–Kier alpha value is -1.78. The first kappa shape index (κ1) is 20.0. The predicted octanol–water partition coefficient (Wildman–Crippen LogP) is 7.43. The number of halogens is 1. The number of aryl methyl sites for hydroxylation is 3.